The van der Waals surface area contributed by atoms with Crippen molar-refractivity contribution in [2.75, 3.05) is 0 Å². The summed E-state index contributed by atoms with van der Waals surface area (Å²) in [5, 5.41) is 9.27. The Labute approximate surface area is 137 Å². The normalized spacial score (nSPS) is 15.5. The van der Waals surface area contributed by atoms with Crippen LogP contribution < -0.4 is 0 Å². The summed E-state index contributed by atoms with van der Waals surface area (Å²) >= 11 is 0. The van der Waals surface area contributed by atoms with E-state index in [2.05, 4.69) is 0 Å². The highest BCUT2D eigenvalue weighted by Gasteiger charge is 2.70. The van der Waals surface area contributed by atoms with Crippen LogP contribution in [-0.4, -0.2) is 35.1 Å². The minimum atomic E-state index is -5.93. The molecule has 0 rings (SSSR count). The lowest BCUT2D eigenvalue weighted by atomic mass is 9.90. The van der Waals surface area contributed by atoms with Crippen molar-refractivity contribution >= 4 is 5.97 Å². The van der Waals surface area contributed by atoms with E-state index >= 15 is 0 Å². The Balaban J connectivity index is 5.42. The zero-order chi connectivity index (χ0) is 19.6. The Morgan fingerprint density at radius 2 is 1.42 bits per heavy atom. The Morgan fingerprint density at radius 3 is 1.71 bits per heavy atom. The Morgan fingerprint density at radius 1 is 1.00 bits per heavy atom. The molecular weight excluding hydrogens is 342 g/mol. The van der Waals surface area contributed by atoms with Gasteiger partial charge in [-0.3, -0.25) is 4.79 Å². The summed E-state index contributed by atoms with van der Waals surface area (Å²) in [6.45, 7) is 8.14. The van der Waals surface area contributed by atoms with Gasteiger partial charge in [-0.15, -0.1) is 0 Å². The van der Waals surface area contributed by atoms with Gasteiger partial charge in [0.05, 0.1) is 6.42 Å². The number of hydrogen-bond donors (Lipinski definition) is 1. The SMILES string of the molecule is CC(C)CC(CC(O)(C(F)(F)F)C(F)(F)F)OC(=O)CC(C)(C)C. The van der Waals surface area contributed by atoms with Crippen molar-refractivity contribution in [2.45, 2.75) is 77.9 Å². The van der Waals surface area contributed by atoms with Crippen molar-refractivity contribution in [1.82, 2.24) is 0 Å². The van der Waals surface area contributed by atoms with Crippen LogP contribution in [0.1, 0.15) is 53.9 Å². The standard InChI is InChI=1S/C15H24F6O3/c1-9(2)6-10(24-11(22)8-12(3,4)5)7-13(23,14(16,17)18)15(19,20)21/h9-10,23H,6-8H2,1-5H3. The lowest BCUT2D eigenvalue weighted by molar-refractivity contribution is -0.374. The number of aliphatic hydroxyl groups is 1. The summed E-state index contributed by atoms with van der Waals surface area (Å²) in [6, 6.07) is 0. The molecule has 0 aliphatic rings. The molecule has 0 bridgehead atoms. The number of rotatable bonds is 6. The van der Waals surface area contributed by atoms with E-state index in [0.29, 0.717) is 0 Å². The maximum absolute atomic E-state index is 12.8. The molecule has 144 valence electrons. The molecule has 0 aromatic carbocycles. The van der Waals surface area contributed by atoms with Crippen molar-refractivity contribution in [1.29, 1.82) is 0 Å². The molecule has 0 spiro atoms. The number of carbonyl (C=O) groups is 1. The quantitative estimate of drug-likeness (QED) is 0.551. The van der Waals surface area contributed by atoms with Crippen molar-refractivity contribution in [2.24, 2.45) is 11.3 Å². The number of alkyl halides is 6. The summed E-state index contributed by atoms with van der Waals surface area (Å²) in [6.07, 6.45) is -15.8. The van der Waals surface area contributed by atoms with E-state index < -0.39 is 41.9 Å². The fraction of sp³-hybridized carbons (Fsp3) is 0.933. The molecule has 1 N–H and O–H groups in total. The molecule has 0 aliphatic carbocycles. The largest absolute Gasteiger partial charge is 0.462 e. The lowest BCUT2D eigenvalue weighted by Crippen LogP contribution is -2.58. The van der Waals surface area contributed by atoms with Gasteiger partial charge in [0.2, 0.25) is 0 Å². The summed E-state index contributed by atoms with van der Waals surface area (Å²) in [4.78, 5) is 11.8. The second kappa shape index (κ2) is 7.49. The third-order valence-electron chi connectivity index (χ3n) is 3.17. The maximum Gasteiger partial charge on any atom is 0.426 e. The predicted octanol–water partition coefficient (Wildman–Crippen LogP) is 4.63. The lowest BCUT2D eigenvalue weighted by Gasteiger charge is -2.35. The highest BCUT2D eigenvalue weighted by molar-refractivity contribution is 5.70. The molecule has 0 amide bonds. The molecule has 24 heavy (non-hydrogen) atoms. The van der Waals surface area contributed by atoms with Crippen LogP contribution in [0.3, 0.4) is 0 Å². The van der Waals surface area contributed by atoms with Crippen LogP contribution in [0.15, 0.2) is 0 Å². The second-order valence-corrected chi connectivity index (χ2v) is 7.54. The van der Waals surface area contributed by atoms with Gasteiger partial charge in [-0.2, -0.15) is 26.3 Å². The number of ether oxygens (including phenoxy) is 1. The third-order valence-corrected chi connectivity index (χ3v) is 3.17. The smallest absolute Gasteiger partial charge is 0.426 e. The van der Waals surface area contributed by atoms with E-state index in [1.165, 1.54) is 0 Å². The maximum atomic E-state index is 12.8. The van der Waals surface area contributed by atoms with Gasteiger partial charge in [-0.05, 0) is 17.8 Å². The molecule has 0 aromatic rings. The van der Waals surface area contributed by atoms with Gasteiger partial charge in [0.25, 0.3) is 5.60 Å². The predicted molar refractivity (Wildman–Crippen MR) is 75.1 cm³/mol. The second-order valence-electron chi connectivity index (χ2n) is 7.54. The fourth-order valence-electron chi connectivity index (χ4n) is 2.08. The first-order valence-electron chi connectivity index (χ1n) is 7.44. The monoisotopic (exact) mass is 366 g/mol. The molecule has 1 atom stereocenters. The van der Waals surface area contributed by atoms with Crippen LogP contribution in [0.2, 0.25) is 0 Å². The Bertz CT molecular complexity index is 406. The Kier molecular flexibility index (Phi) is 7.18. The highest BCUT2D eigenvalue weighted by atomic mass is 19.4. The number of hydrogen-bond acceptors (Lipinski definition) is 3. The minimum Gasteiger partial charge on any atom is -0.462 e. The Hall–Kier alpha value is -0.990. The van der Waals surface area contributed by atoms with E-state index in [-0.39, 0.29) is 18.8 Å². The summed E-state index contributed by atoms with van der Waals surface area (Å²) in [7, 11) is 0. The first kappa shape index (κ1) is 23.0. The number of carbonyl (C=O) groups excluding carboxylic acids is 1. The minimum absolute atomic E-state index is 0.169. The molecule has 9 heteroatoms. The van der Waals surface area contributed by atoms with Gasteiger partial charge < -0.3 is 9.84 Å². The molecule has 0 aromatic heterocycles. The van der Waals surface area contributed by atoms with Gasteiger partial charge in [0.15, 0.2) is 0 Å². The van der Waals surface area contributed by atoms with Crippen molar-refractivity contribution in [3.05, 3.63) is 0 Å². The zero-order valence-corrected chi connectivity index (χ0v) is 14.3. The van der Waals surface area contributed by atoms with E-state index in [1.54, 1.807) is 34.6 Å². The third kappa shape index (κ3) is 6.86. The van der Waals surface area contributed by atoms with Crippen molar-refractivity contribution < 1.29 is 41.0 Å². The van der Waals surface area contributed by atoms with Gasteiger partial charge in [-0.25, -0.2) is 0 Å². The van der Waals surface area contributed by atoms with Crippen LogP contribution in [0.5, 0.6) is 0 Å². The fourth-order valence-corrected chi connectivity index (χ4v) is 2.08. The van der Waals surface area contributed by atoms with Crippen LogP contribution in [0.25, 0.3) is 0 Å². The van der Waals surface area contributed by atoms with Gasteiger partial charge in [0.1, 0.15) is 6.10 Å². The number of halogens is 6. The van der Waals surface area contributed by atoms with E-state index in [1.807, 2.05) is 0 Å². The summed E-state index contributed by atoms with van der Waals surface area (Å²) in [5.74, 6) is -1.23. The molecule has 3 nitrogen and oxygen atoms in total. The van der Waals surface area contributed by atoms with Gasteiger partial charge >= 0.3 is 18.3 Å². The molecule has 0 aliphatic heterocycles. The van der Waals surface area contributed by atoms with Crippen LogP contribution in [0, 0.1) is 11.3 Å². The first-order valence-corrected chi connectivity index (χ1v) is 7.44. The van der Waals surface area contributed by atoms with Crippen LogP contribution in [-0.2, 0) is 9.53 Å². The molecule has 0 saturated carbocycles. The summed E-state index contributed by atoms with van der Waals surface area (Å²) in [5.41, 5.74) is -5.47. The molecule has 0 radical (unpaired) electrons. The number of esters is 1. The highest BCUT2D eigenvalue weighted by Crippen LogP contribution is 2.46. The molecular formula is C15H24F6O3. The molecule has 0 fully saturated rings. The summed E-state index contributed by atoms with van der Waals surface area (Å²) < 4.78 is 81.6. The molecule has 1 unspecified atom stereocenters. The van der Waals surface area contributed by atoms with Gasteiger partial charge in [0, 0.05) is 6.42 Å². The van der Waals surface area contributed by atoms with Crippen LogP contribution in [0.4, 0.5) is 26.3 Å². The average Bonchev–Trinajstić information content (AvgIpc) is 2.21. The van der Waals surface area contributed by atoms with E-state index in [4.69, 9.17) is 4.74 Å². The van der Waals surface area contributed by atoms with Crippen LogP contribution >= 0.6 is 0 Å². The van der Waals surface area contributed by atoms with Crippen molar-refractivity contribution in [3.63, 3.8) is 0 Å². The molecule has 0 heterocycles. The zero-order valence-electron chi connectivity index (χ0n) is 14.3. The van der Waals surface area contributed by atoms with Gasteiger partial charge in [-0.1, -0.05) is 34.6 Å². The van der Waals surface area contributed by atoms with E-state index in [0.717, 1.165) is 0 Å². The first-order chi connectivity index (χ1) is 10.4. The average molecular weight is 366 g/mol. The topological polar surface area (TPSA) is 46.5 Å². The molecule has 0 saturated heterocycles. The van der Waals surface area contributed by atoms with Crippen molar-refractivity contribution in [3.8, 4) is 0 Å². The van der Waals surface area contributed by atoms with E-state index in [9.17, 15) is 36.2 Å².